The molecule has 2 fully saturated rings. The molecule has 1 N–H and O–H groups in total. The van der Waals surface area contributed by atoms with Gasteiger partial charge in [-0.2, -0.15) is 0 Å². The number of nitrogens with one attached hydrogen (secondary N) is 1. The van der Waals surface area contributed by atoms with Crippen molar-refractivity contribution in [2.24, 2.45) is 0 Å². The molecule has 0 saturated carbocycles. The number of methoxy groups -OCH3 is 1. The van der Waals surface area contributed by atoms with Gasteiger partial charge in [-0.3, -0.25) is 4.90 Å². The van der Waals surface area contributed by atoms with Crippen molar-refractivity contribution in [1.29, 1.82) is 0 Å². The van der Waals surface area contributed by atoms with Crippen LogP contribution in [0.4, 0.5) is 0 Å². The van der Waals surface area contributed by atoms with Crippen molar-refractivity contribution < 1.29 is 9.26 Å². The van der Waals surface area contributed by atoms with E-state index in [-0.39, 0.29) is 0 Å². The smallest absolute Gasteiger partial charge is 0.162 e. The monoisotopic (exact) mass is 265 g/mol. The largest absolute Gasteiger partial charge is 0.377 e. The number of aromatic nitrogens is 1. The van der Waals surface area contributed by atoms with E-state index in [2.05, 4.69) is 22.4 Å². The Bertz CT molecular complexity index is 409. The van der Waals surface area contributed by atoms with Crippen molar-refractivity contribution in [3.63, 3.8) is 0 Å². The molecule has 19 heavy (non-hydrogen) atoms. The lowest BCUT2D eigenvalue weighted by molar-refractivity contribution is 0.153. The highest BCUT2D eigenvalue weighted by molar-refractivity contribution is 5.05. The van der Waals surface area contributed by atoms with Gasteiger partial charge in [-0.05, 0) is 32.7 Å². The van der Waals surface area contributed by atoms with Gasteiger partial charge in [-0.15, -0.1) is 0 Å². The second-order valence-electron chi connectivity index (χ2n) is 5.90. The third-order valence-corrected chi connectivity index (χ3v) is 4.38. The Hall–Kier alpha value is -0.910. The molecule has 5 heteroatoms. The molecule has 2 aliphatic heterocycles. The molecule has 3 heterocycles. The number of nitrogens with zero attached hydrogens (tertiary/aromatic N) is 2. The molecule has 2 aliphatic rings. The van der Waals surface area contributed by atoms with Crippen LogP contribution < -0.4 is 5.32 Å². The Balaban J connectivity index is 1.56. The summed E-state index contributed by atoms with van der Waals surface area (Å²) in [5, 5.41) is 7.79. The van der Waals surface area contributed by atoms with Gasteiger partial charge in [-0.25, -0.2) is 0 Å². The minimum absolute atomic E-state index is 0.494. The summed E-state index contributed by atoms with van der Waals surface area (Å²) in [5.74, 6) is 0.802. The molecule has 2 unspecified atom stereocenters. The van der Waals surface area contributed by atoms with Gasteiger partial charge in [-0.1, -0.05) is 5.16 Å². The number of hydrogen-bond donors (Lipinski definition) is 1. The zero-order chi connectivity index (χ0) is 13.2. The minimum atomic E-state index is 0.494. The van der Waals surface area contributed by atoms with Gasteiger partial charge in [0.25, 0.3) is 0 Å². The molecule has 106 valence electrons. The highest BCUT2D eigenvalue weighted by Crippen LogP contribution is 2.29. The van der Waals surface area contributed by atoms with E-state index in [0.717, 1.165) is 30.1 Å². The van der Waals surface area contributed by atoms with E-state index in [1.807, 2.05) is 6.07 Å². The SMILES string of the molecule is COCc1cc(CN(C)C2CC3CCC(C2)N3)no1. The van der Waals surface area contributed by atoms with E-state index in [1.54, 1.807) is 7.11 Å². The fourth-order valence-corrected chi connectivity index (χ4v) is 3.41. The van der Waals surface area contributed by atoms with Crippen molar-refractivity contribution in [3.8, 4) is 0 Å². The first kappa shape index (κ1) is 13.1. The lowest BCUT2D eigenvalue weighted by Gasteiger charge is -2.35. The Morgan fingerprint density at radius 3 is 2.84 bits per heavy atom. The first-order valence-electron chi connectivity index (χ1n) is 7.14. The fraction of sp³-hybridized carbons (Fsp3) is 0.786. The molecule has 2 atom stereocenters. The summed E-state index contributed by atoms with van der Waals surface area (Å²) < 4.78 is 10.3. The maximum Gasteiger partial charge on any atom is 0.162 e. The van der Waals surface area contributed by atoms with Crippen LogP contribution in [0.5, 0.6) is 0 Å². The van der Waals surface area contributed by atoms with Crippen LogP contribution in [0.15, 0.2) is 10.6 Å². The molecule has 3 rings (SSSR count). The minimum Gasteiger partial charge on any atom is -0.377 e. The van der Waals surface area contributed by atoms with Crippen LogP contribution in [0.2, 0.25) is 0 Å². The lowest BCUT2D eigenvalue weighted by Crippen LogP contribution is -2.46. The third kappa shape index (κ3) is 2.99. The highest BCUT2D eigenvalue weighted by atomic mass is 16.5. The number of rotatable bonds is 5. The first-order chi connectivity index (χ1) is 9.24. The molecule has 1 aromatic heterocycles. The maximum absolute atomic E-state index is 5.23. The normalized spacial score (nSPS) is 30.2. The van der Waals surface area contributed by atoms with E-state index < -0.39 is 0 Å². The Kier molecular flexibility index (Phi) is 3.86. The number of fused-ring (bicyclic) bond motifs is 2. The number of hydrogen-bond acceptors (Lipinski definition) is 5. The molecular formula is C14H23N3O2. The van der Waals surface area contributed by atoms with Crippen LogP contribution in [0.3, 0.4) is 0 Å². The molecule has 0 spiro atoms. The molecule has 1 aromatic rings. The van der Waals surface area contributed by atoms with Crippen LogP contribution in [-0.4, -0.2) is 42.3 Å². The summed E-state index contributed by atoms with van der Waals surface area (Å²) in [7, 11) is 3.86. The molecule has 0 radical (unpaired) electrons. The van der Waals surface area contributed by atoms with Crippen LogP contribution in [0, 0.1) is 0 Å². The van der Waals surface area contributed by atoms with Crippen LogP contribution in [-0.2, 0) is 17.9 Å². The quantitative estimate of drug-likeness (QED) is 0.875. The Labute approximate surface area is 114 Å². The Morgan fingerprint density at radius 1 is 1.42 bits per heavy atom. The summed E-state index contributed by atoms with van der Waals surface area (Å²) >= 11 is 0. The predicted molar refractivity (Wildman–Crippen MR) is 71.7 cm³/mol. The van der Waals surface area contributed by atoms with E-state index in [9.17, 15) is 0 Å². The van der Waals surface area contributed by atoms with Crippen molar-refractivity contribution in [2.45, 2.75) is 57.0 Å². The topological polar surface area (TPSA) is 50.5 Å². The fourth-order valence-electron chi connectivity index (χ4n) is 3.41. The van der Waals surface area contributed by atoms with Crippen molar-refractivity contribution in [2.75, 3.05) is 14.2 Å². The van der Waals surface area contributed by atoms with Crippen LogP contribution in [0.1, 0.15) is 37.1 Å². The van der Waals surface area contributed by atoms with Gasteiger partial charge in [0.05, 0.1) is 5.69 Å². The second-order valence-corrected chi connectivity index (χ2v) is 5.90. The molecule has 2 saturated heterocycles. The van der Waals surface area contributed by atoms with Crippen molar-refractivity contribution >= 4 is 0 Å². The maximum atomic E-state index is 5.23. The highest BCUT2D eigenvalue weighted by Gasteiger charge is 2.35. The van der Waals surface area contributed by atoms with Gasteiger partial charge in [0.1, 0.15) is 6.61 Å². The average molecular weight is 265 g/mol. The summed E-state index contributed by atoms with van der Waals surface area (Å²) in [6.45, 7) is 1.35. The molecular weight excluding hydrogens is 242 g/mol. The van der Waals surface area contributed by atoms with Gasteiger partial charge in [0.15, 0.2) is 5.76 Å². The molecule has 0 aliphatic carbocycles. The average Bonchev–Trinajstić information content (AvgIpc) is 2.97. The van der Waals surface area contributed by atoms with Gasteiger partial charge in [0.2, 0.25) is 0 Å². The molecule has 0 amide bonds. The van der Waals surface area contributed by atoms with Crippen LogP contribution >= 0.6 is 0 Å². The van der Waals surface area contributed by atoms with Crippen LogP contribution in [0.25, 0.3) is 0 Å². The molecule has 5 nitrogen and oxygen atoms in total. The van der Waals surface area contributed by atoms with Gasteiger partial charge >= 0.3 is 0 Å². The second kappa shape index (κ2) is 5.61. The van der Waals surface area contributed by atoms with Crippen molar-refractivity contribution in [3.05, 3.63) is 17.5 Å². The molecule has 0 aromatic carbocycles. The lowest BCUT2D eigenvalue weighted by atomic mass is 9.98. The Morgan fingerprint density at radius 2 is 2.16 bits per heavy atom. The number of piperidine rings is 1. The molecule has 2 bridgehead atoms. The first-order valence-corrected chi connectivity index (χ1v) is 7.14. The van der Waals surface area contributed by atoms with Gasteiger partial charge < -0.3 is 14.6 Å². The zero-order valence-electron chi connectivity index (χ0n) is 11.8. The summed E-state index contributed by atoms with van der Waals surface area (Å²) in [6.07, 6.45) is 5.21. The predicted octanol–water partition coefficient (Wildman–Crippen LogP) is 1.54. The van der Waals surface area contributed by atoms with Gasteiger partial charge in [0, 0.05) is 37.8 Å². The van der Waals surface area contributed by atoms with Crippen molar-refractivity contribution in [1.82, 2.24) is 15.4 Å². The zero-order valence-corrected chi connectivity index (χ0v) is 11.8. The third-order valence-electron chi connectivity index (χ3n) is 4.38. The van der Waals surface area contributed by atoms with E-state index in [0.29, 0.717) is 12.6 Å². The summed E-state index contributed by atoms with van der Waals surface area (Å²) in [5.41, 5.74) is 1.00. The van der Waals surface area contributed by atoms with E-state index in [4.69, 9.17) is 9.26 Å². The summed E-state index contributed by atoms with van der Waals surface area (Å²) in [6, 6.07) is 4.12. The number of ether oxygens (including phenoxy) is 1. The van der Waals surface area contributed by atoms with E-state index >= 15 is 0 Å². The standard InChI is InChI=1S/C14H23N3O2/c1-17(8-12-7-14(9-18-2)19-16-12)13-5-10-3-4-11(6-13)15-10/h7,10-11,13,15H,3-6,8-9H2,1-2H3. The van der Waals surface area contributed by atoms with E-state index in [1.165, 1.54) is 25.7 Å². The summed E-state index contributed by atoms with van der Waals surface area (Å²) in [4.78, 5) is 2.42.